The summed E-state index contributed by atoms with van der Waals surface area (Å²) in [6.07, 6.45) is 1.90. The normalized spacial score (nSPS) is 16.7. The highest BCUT2D eigenvalue weighted by Gasteiger charge is 2.31. The Balaban J connectivity index is 1.85. The summed E-state index contributed by atoms with van der Waals surface area (Å²) < 4.78 is 15.7. The monoisotopic (exact) mass is 307 g/mol. The molecule has 0 spiro atoms. The van der Waals surface area contributed by atoms with E-state index in [1.807, 2.05) is 30.3 Å². The molecule has 0 unspecified atom stereocenters. The van der Waals surface area contributed by atoms with Crippen LogP contribution in [0.4, 0.5) is 10.2 Å². The van der Waals surface area contributed by atoms with Gasteiger partial charge in [-0.1, -0.05) is 42.5 Å². The van der Waals surface area contributed by atoms with Gasteiger partial charge in [-0.15, -0.1) is 0 Å². The molecule has 0 saturated carbocycles. The van der Waals surface area contributed by atoms with Crippen LogP contribution in [-0.2, 0) is 4.79 Å². The molecule has 1 amide bonds. The van der Waals surface area contributed by atoms with E-state index >= 15 is 0 Å². The Morgan fingerprint density at radius 3 is 2.61 bits per heavy atom. The van der Waals surface area contributed by atoms with Crippen LogP contribution in [0.5, 0.6) is 0 Å². The maximum atomic E-state index is 14.1. The lowest BCUT2D eigenvalue weighted by atomic mass is 9.90. The molecule has 0 bridgehead atoms. The topological polar surface area (TPSA) is 46.9 Å². The van der Waals surface area contributed by atoms with Crippen LogP contribution in [0, 0.1) is 5.82 Å². The highest BCUT2D eigenvalue weighted by atomic mass is 19.1. The number of benzene rings is 2. The van der Waals surface area contributed by atoms with Crippen molar-refractivity contribution in [2.45, 2.75) is 12.3 Å². The molecule has 0 saturated heterocycles. The molecule has 2 aromatic carbocycles. The van der Waals surface area contributed by atoms with Crippen molar-refractivity contribution in [3.8, 4) is 5.69 Å². The highest BCUT2D eigenvalue weighted by molar-refractivity contribution is 5.94. The first-order chi connectivity index (χ1) is 11.2. The molecule has 4 rings (SSSR count). The Morgan fingerprint density at radius 1 is 1.09 bits per heavy atom. The largest absolute Gasteiger partial charge is 0.310 e. The van der Waals surface area contributed by atoms with Gasteiger partial charge in [-0.25, -0.2) is 9.37 Å². The minimum absolute atomic E-state index is 0.0931. The van der Waals surface area contributed by atoms with Crippen LogP contribution in [0.25, 0.3) is 5.69 Å². The SMILES string of the molecule is O=C1C[C@H](c2ccccc2)c2ncn(-c3ccccc3F)c2N1. The third-order valence-corrected chi connectivity index (χ3v) is 4.09. The maximum absolute atomic E-state index is 14.1. The van der Waals surface area contributed by atoms with Crippen LogP contribution >= 0.6 is 0 Å². The summed E-state index contributed by atoms with van der Waals surface area (Å²) in [4.78, 5) is 16.6. The van der Waals surface area contributed by atoms with E-state index < -0.39 is 0 Å². The Labute approximate surface area is 132 Å². The summed E-state index contributed by atoms with van der Waals surface area (Å²) in [6.45, 7) is 0. The second-order valence-corrected chi connectivity index (χ2v) is 5.52. The number of carbonyl (C=O) groups excluding carboxylic acids is 1. The van der Waals surface area contributed by atoms with Crippen LogP contribution in [-0.4, -0.2) is 15.5 Å². The van der Waals surface area contributed by atoms with E-state index in [0.717, 1.165) is 11.3 Å². The number of carbonyl (C=O) groups is 1. The van der Waals surface area contributed by atoms with Crippen LogP contribution in [0.3, 0.4) is 0 Å². The third-order valence-electron chi connectivity index (χ3n) is 4.09. The van der Waals surface area contributed by atoms with E-state index in [9.17, 15) is 9.18 Å². The number of nitrogens with zero attached hydrogens (tertiary/aromatic N) is 2. The third kappa shape index (κ3) is 2.30. The summed E-state index contributed by atoms with van der Waals surface area (Å²) in [5, 5.41) is 2.83. The van der Waals surface area contributed by atoms with Crippen molar-refractivity contribution in [1.82, 2.24) is 9.55 Å². The smallest absolute Gasteiger partial charge is 0.226 e. The van der Waals surface area contributed by atoms with Gasteiger partial charge in [0, 0.05) is 12.3 Å². The zero-order valence-corrected chi connectivity index (χ0v) is 12.2. The summed E-state index contributed by atoms with van der Waals surface area (Å²) >= 11 is 0. The Bertz CT molecular complexity index is 873. The van der Waals surface area contributed by atoms with Crippen LogP contribution in [0.15, 0.2) is 60.9 Å². The predicted octanol–water partition coefficient (Wildman–Crippen LogP) is 3.49. The lowest BCUT2D eigenvalue weighted by Gasteiger charge is -2.23. The molecule has 4 nitrogen and oxygen atoms in total. The molecule has 1 atom stereocenters. The maximum Gasteiger partial charge on any atom is 0.226 e. The van der Waals surface area contributed by atoms with E-state index in [2.05, 4.69) is 10.3 Å². The Morgan fingerprint density at radius 2 is 1.83 bits per heavy atom. The number of nitrogens with one attached hydrogen (secondary N) is 1. The van der Waals surface area contributed by atoms with Gasteiger partial charge in [0.15, 0.2) is 0 Å². The molecule has 1 aliphatic rings. The van der Waals surface area contributed by atoms with E-state index in [4.69, 9.17) is 0 Å². The van der Waals surface area contributed by atoms with Gasteiger partial charge < -0.3 is 5.32 Å². The molecular formula is C18H14FN3O. The molecule has 0 aliphatic carbocycles. The van der Waals surface area contributed by atoms with Gasteiger partial charge in [0.25, 0.3) is 0 Å². The first kappa shape index (κ1) is 13.7. The van der Waals surface area contributed by atoms with E-state index in [1.165, 1.54) is 6.07 Å². The van der Waals surface area contributed by atoms with Crippen molar-refractivity contribution in [3.63, 3.8) is 0 Å². The van der Waals surface area contributed by atoms with Crippen molar-refractivity contribution in [2.24, 2.45) is 0 Å². The van der Waals surface area contributed by atoms with Crippen molar-refractivity contribution < 1.29 is 9.18 Å². The standard InChI is InChI=1S/C18H14FN3O/c19-14-8-4-5-9-15(14)22-11-20-17-13(10-16(23)21-18(17)22)12-6-2-1-3-7-12/h1-9,11,13H,10H2,(H,21,23)/t13-/m1/s1. The molecule has 114 valence electrons. The molecule has 0 fully saturated rings. The molecule has 5 heteroatoms. The van der Waals surface area contributed by atoms with Gasteiger partial charge in [0.1, 0.15) is 18.0 Å². The fraction of sp³-hybridized carbons (Fsp3) is 0.111. The Hall–Kier alpha value is -2.95. The average molecular weight is 307 g/mol. The van der Waals surface area contributed by atoms with Gasteiger partial charge in [-0.05, 0) is 17.7 Å². The van der Waals surface area contributed by atoms with Gasteiger partial charge in [0.05, 0.1) is 11.4 Å². The van der Waals surface area contributed by atoms with Crippen molar-refractivity contribution in [1.29, 1.82) is 0 Å². The minimum Gasteiger partial charge on any atom is -0.310 e. The van der Waals surface area contributed by atoms with Gasteiger partial charge >= 0.3 is 0 Å². The second-order valence-electron chi connectivity index (χ2n) is 5.52. The zero-order valence-electron chi connectivity index (χ0n) is 12.2. The number of para-hydroxylation sites is 1. The summed E-state index contributed by atoms with van der Waals surface area (Å²) in [6, 6.07) is 16.2. The summed E-state index contributed by atoms with van der Waals surface area (Å²) in [5.74, 6) is -0.0265. The number of aromatic nitrogens is 2. The van der Waals surface area contributed by atoms with Crippen molar-refractivity contribution >= 4 is 11.7 Å². The second kappa shape index (κ2) is 5.35. The van der Waals surface area contributed by atoms with Crippen LogP contribution < -0.4 is 5.32 Å². The lowest BCUT2D eigenvalue weighted by molar-refractivity contribution is -0.116. The summed E-state index contributed by atoms with van der Waals surface area (Å²) in [5.41, 5.74) is 2.16. The first-order valence-corrected chi connectivity index (χ1v) is 7.41. The number of anilines is 1. The molecule has 1 aliphatic heterocycles. The van der Waals surface area contributed by atoms with Gasteiger partial charge in [-0.3, -0.25) is 9.36 Å². The van der Waals surface area contributed by atoms with E-state index in [-0.39, 0.29) is 17.6 Å². The number of hydrogen-bond donors (Lipinski definition) is 1. The van der Waals surface area contributed by atoms with E-state index in [1.54, 1.807) is 29.1 Å². The molecule has 2 heterocycles. The van der Waals surface area contributed by atoms with Gasteiger partial charge in [-0.2, -0.15) is 0 Å². The number of rotatable bonds is 2. The highest BCUT2D eigenvalue weighted by Crippen LogP contribution is 2.37. The molecule has 23 heavy (non-hydrogen) atoms. The predicted molar refractivity (Wildman–Crippen MR) is 85.1 cm³/mol. The molecule has 1 aromatic heterocycles. The minimum atomic E-state index is -0.358. The number of halogens is 1. The average Bonchev–Trinajstić information content (AvgIpc) is 2.99. The summed E-state index contributed by atoms with van der Waals surface area (Å²) in [7, 11) is 0. The molecule has 0 radical (unpaired) electrons. The lowest BCUT2D eigenvalue weighted by Crippen LogP contribution is -2.25. The first-order valence-electron chi connectivity index (χ1n) is 7.41. The van der Waals surface area contributed by atoms with Crippen molar-refractivity contribution in [2.75, 3.05) is 5.32 Å². The fourth-order valence-electron chi connectivity index (χ4n) is 3.00. The molecule has 3 aromatic rings. The fourth-order valence-corrected chi connectivity index (χ4v) is 3.00. The van der Waals surface area contributed by atoms with Crippen LogP contribution in [0.2, 0.25) is 0 Å². The quantitative estimate of drug-likeness (QED) is 0.788. The Kier molecular flexibility index (Phi) is 3.19. The van der Waals surface area contributed by atoms with Crippen LogP contribution in [0.1, 0.15) is 23.6 Å². The molecule has 1 N–H and O–H groups in total. The van der Waals surface area contributed by atoms with Gasteiger partial charge in [0.2, 0.25) is 5.91 Å². The van der Waals surface area contributed by atoms with Crippen molar-refractivity contribution in [3.05, 3.63) is 78.0 Å². The van der Waals surface area contributed by atoms with E-state index in [0.29, 0.717) is 17.9 Å². The number of imidazole rings is 1. The number of amides is 1. The number of hydrogen-bond acceptors (Lipinski definition) is 2. The molecular weight excluding hydrogens is 293 g/mol. The number of fused-ring (bicyclic) bond motifs is 1. The zero-order chi connectivity index (χ0) is 15.8.